The smallest absolute Gasteiger partial charge is 0.254 e. The number of likely N-dealkylation sites (tertiary alicyclic amines) is 1. The molecule has 2 aliphatic heterocycles. The average Bonchev–Trinajstić information content (AvgIpc) is 3.22. The third-order valence-corrected chi connectivity index (χ3v) is 5.86. The molecule has 0 saturated carbocycles. The van der Waals surface area contributed by atoms with Crippen molar-refractivity contribution in [3.8, 4) is 0 Å². The molecule has 28 heavy (non-hydrogen) atoms. The van der Waals surface area contributed by atoms with Gasteiger partial charge in [-0.1, -0.05) is 38.1 Å². The zero-order valence-corrected chi connectivity index (χ0v) is 17.2. The molecule has 0 unspecified atom stereocenters. The number of amides is 1. The van der Waals surface area contributed by atoms with Crippen molar-refractivity contribution in [2.24, 2.45) is 17.8 Å². The third-order valence-electron chi connectivity index (χ3n) is 5.86. The molecule has 2 saturated heterocycles. The topological polar surface area (TPSA) is 32.3 Å². The predicted molar refractivity (Wildman–Crippen MR) is 112 cm³/mol. The van der Waals surface area contributed by atoms with Gasteiger partial charge in [-0.05, 0) is 53.6 Å². The Balaban J connectivity index is 0.00000225. The van der Waals surface area contributed by atoms with Crippen LogP contribution in [0.3, 0.4) is 0 Å². The van der Waals surface area contributed by atoms with E-state index in [1.807, 2.05) is 23.1 Å². The Morgan fingerprint density at radius 3 is 2.61 bits per heavy atom. The Labute approximate surface area is 172 Å². The maximum absolute atomic E-state index is 13.8. The van der Waals surface area contributed by atoms with Crippen LogP contribution >= 0.6 is 12.4 Å². The molecule has 2 fully saturated rings. The minimum absolute atomic E-state index is 0. The van der Waals surface area contributed by atoms with E-state index < -0.39 is 0 Å². The van der Waals surface area contributed by atoms with E-state index in [1.165, 1.54) is 11.6 Å². The van der Waals surface area contributed by atoms with Crippen LogP contribution in [0.5, 0.6) is 0 Å². The fourth-order valence-corrected chi connectivity index (χ4v) is 4.67. The minimum Gasteiger partial charge on any atom is -0.331 e. The summed E-state index contributed by atoms with van der Waals surface area (Å²) < 4.78 is 13.8. The van der Waals surface area contributed by atoms with Crippen molar-refractivity contribution in [3.05, 3.63) is 71.0 Å². The molecule has 150 valence electrons. The first-order valence-corrected chi connectivity index (χ1v) is 9.89. The van der Waals surface area contributed by atoms with E-state index in [0.29, 0.717) is 17.8 Å². The molecule has 3 nitrogen and oxygen atoms in total. The van der Waals surface area contributed by atoms with Gasteiger partial charge in [-0.15, -0.1) is 12.4 Å². The number of halogens is 2. The quantitative estimate of drug-likeness (QED) is 0.817. The summed E-state index contributed by atoms with van der Waals surface area (Å²) >= 11 is 0. The van der Waals surface area contributed by atoms with E-state index >= 15 is 0 Å². The molecule has 0 bridgehead atoms. The van der Waals surface area contributed by atoms with Gasteiger partial charge in [-0.25, -0.2) is 4.39 Å². The van der Waals surface area contributed by atoms with Gasteiger partial charge in [0.2, 0.25) is 0 Å². The van der Waals surface area contributed by atoms with E-state index in [0.717, 1.165) is 37.2 Å². The van der Waals surface area contributed by atoms with Crippen LogP contribution < -0.4 is 5.32 Å². The van der Waals surface area contributed by atoms with Crippen LogP contribution in [0, 0.1) is 23.6 Å². The number of hydrogen-bond donors (Lipinski definition) is 1. The van der Waals surface area contributed by atoms with E-state index in [9.17, 15) is 9.18 Å². The first-order chi connectivity index (χ1) is 13.0. The lowest BCUT2D eigenvalue weighted by Crippen LogP contribution is -2.34. The van der Waals surface area contributed by atoms with Crippen molar-refractivity contribution in [1.29, 1.82) is 0 Å². The van der Waals surface area contributed by atoms with Gasteiger partial charge in [0.15, 0.2) is 0 Å². The second-order valence-corrected chi connectivity index (χ2v) is 8.33. The number of nitrogens with zero attached hydrogens (tertiary/aromatic N) is 1. The molecule has 0 spiro atoms. The van der Waals surface area contributed by atoms with Crippen LogP contribution in [0.15, 0.2) is 48.5 Å². The summed E-state index contributed by atoms with van der Waals surface area (Å²) in [5, 5.41) is 3.43. The Morgan fingerprint density at radius 2 is 1.93 bits per heavy atom. The number of hydrogen-bond acceptors (Lipinski definition) is 2. The van der Waals surface area contributed by atoms with Gasteiger partial charge in [0.05, 0.1) is 6.04 Å². The van der Waals surface area contributed by atoms with E-state index in [1.54, 1.807) is 12.1 Å². The van der Waals surface area contributed by atoms with Crippen molar-refractivity contribution in [2.45, 2.75) is 26.3 Å². The summed E-state index contributed by atoms with van der Waals surface area (Å²) in [4.78, 5) is 15.3. The SMILES string of the molecule is CC(C)Cc1ccc(C(=O)N2C[C@@H]3CNC[C@@H]3[C@H]2c2cccc(F)c2)cc1.Cl. The number of nitrogens with one attached hydrogen (secondary N) is 1. The van der Waals surface area contributed by atoms with Gasteiger partial charge in [0, 0.05) is 31.1 Å². The highest BCUT2D eigenvalue weighted by Crippen LogP contribution is 2.43. The molecule has 2 aliphatic rings. The largest absolute Gasteiger partial charge is 0.331 e. The molecule has 0 aromatic heterocycles. The highest BCUT2D eigenvalue weighted by atomic mass is 35.5. The molecule has 0 radical (unpaired) electrons. The second kappa shape index (κ2) is 8.62. The molecule has 1 amide bonds. The summed E-state index contributed by atoms with van der Waals surface area (Å²) in [7, 11) is 0. The van der Waals surface area contributed by atoms with Crippen molar-refractivity contribution in [2.75, 3.05) is 19.6 Å². The van der Waals surface area contributed by atoms with E-state index in [4.69, 9.17) is 0 Å². The number of carbonyl (C=O) groups excluding carboxylic acids is 1. The van der Waals surface area contributed by atoms with E-state index in [2.05, 4.69) is 31.3 Å². The van der Waals surface area contributed by atoms with Crippen molar-refractivity contribution < 1.29 is 9.18 Å². The molecule has 1 N–H and O–H groups in total. The lowest BCUT2D eigenvalue weighted by molar-refractivity contribution is 0.0713. The summed E-state index contributed by atoms with van der Waals surface area (Å²) in [5.74, 6) is 1.18. The maximum atomic E-state index is 13.8. The lowest BCUT2D eigenvalue weighted by Gasteiger charge is -2.28. The zero-order chi connectivity index (χ0) is 19.0. The predicted octanol–water partition coefficient (Wildman–Crippen LogP) is 4.48. The fraction of sp³-hybridized carbons (Fsp3) is 0.435. The highest BCUT2D eigenvalue weighted by molar-refractivity contribution is 5.94. The van der Waals surface area contributed by atoms with Crippen molar-refractivity contribution in [1.82, 2.24) is 10.2 Å². The number of benzene rings is 2. The van der Waals surface area contributed by atoms with Crippen molar-refractivity contribution in [3.63, 3.8) is 0 Å². The van der Waals surface area contributed by atoms with Gasteiger partial charge >= 0.3 is 0 Å². The average molecular weight is 403 g/mol. The van der Waals surface area contributed by atoms with Gasteiger partial charge < -0.3 is 10.2 Å². The summed E-state index contributed by atoms with van der Waals surface area (Å²) in [6.07, 6.45) is 1.01. The zero-order valence-electron chi connectivity index (χ0n) is 16.4. The molecule has 2 aromatic carbocycles. The van der Waals surface area contributed by atoms with Gasteiger partial charge in [0.25, 0.3) is 5.91 Å². The van der Waals surface area contributed by atoms with Gasteiger partial charge in [-0.3, -0.25) is 4.79 Å². The van der Waals surface area contributed by atoms with Crippen LogP contribution in [0.25, 0.3) is 0 Å². The van der Waals surface area contributed by atoms with Gasteiger partial charge in [-0.2, -0.15) is 0 Å². The molecule has 4 rings (SSSR count). The second-order valence-electron chi connectivity index (χ2n) is 8.33. The number of rotatable bonds is 4. The third kappa shape index (κ3) is 4.08. The Bertz CT molecular complexity index is 824. The van der Waals surface area contributed by atoms with E-state index in [-0.39, 0.29) is 30.2 Å². The first kappa shape index (κ1) is 20.8. The Kier molecular flexibility index (Phi) is 6.41. The lowest BCUT2D eigenvalue weighted by atomic mass is 9.89. The van der Waals surface area contributed by atoms with Gasteiger partial charge in [0.1, 0.15) is 5.82 Å². The van der Waals surface area contributed by atoms with Crippen LogP contribution in [-0.2, 0) is 6.42 Å². The standard InChI is InChI=1S/C23H27FN2O.ClH/c1-15(2)10-16-6-8-17(9-7-16)23(27)26-14-19-12-25-13-21(19)22(26)18-4-3-5-20(24)11-18;/h3-9,11,15,19,21-22,25H,10,12-14H2,1-2H3;1H/t19-,21-,22+;/m0./s1. The summed E-state index contributed by atoms with van der Waals surface area (Å²) in [5.41, 5.74) is 2.87. The molecule has 2 aromatic rings. The van der Waals surface area contributed by atoms with Crippen molar-refractivity contribution >= 4 is 18.3 Å². The molecule has 5 heteroatoms. The van der Waals surface area contributed by atoms with Crippen LogP contribution in [0.4, 0.5) is 4.39 Å². The molecule has 0 aliphatic carbocycles. The Morgan fingerprint density at radius 1 is 1.18 bits per heavy atom. The molecule has 3 atom stereocenters. The maximum Gasteiger partial charge on any atom is 0.254 e. The summed E-state index contributed by atoms with van der Waals surface area (Å²) in [6, 6.07) is 14.7. The molecular formula is C23H28ClFN2O. The fourth-order valence-electron chi connectivity index (χ4n) is 4.67. The Hall–Kier alpha value is -1.91. The molecule has 2 heterocycles. The monoisotopic (exact) mass is 402 g/mol. The first-order valence-electron chi connectivity index (χ1n) is 9.89. The normalized spacial score (nSPS) is 23.6. The number of carbonyl (C=O) groups is 1. The van der Waals surface area contributed by atoms with Crippen LogP contribution in [0.1, 0.15) is 41.4 Å². The minimum atomic E-state index is -0.243. The summed E-state index contributed by atoms with van der Waals surface area (Å²) in [6.45, 7) is 6.92. The van der Waals surface area contributed by atoms with Crippen LogP contribution in [-0.4, -0.2) is 30.4 Å². The highest BCUT2D eigenvalue weighted by Gasteiger charge is 2.46. The number of fused-ring (bicyclic) bond motifs is 1. The van der Waals surface area contributed by atoms with Crippen LogP contribution in [0.2, 0.25) is 0 Å². The molecular weight excluding hydrogens is 375 g/mol.